The number of ether oxygens (including phenoxy) is 3. The van der Waals surface area contributed by atoms with Gasteiger partial charge in [-0.3, -0.25) is 0 Å². The van der Waals surface area contributed by atoms with Crippen molar-refractivity contribution in [2.24, 2.45) is 46.3 Å². The van der Waals surface area contributed by atoms with Crippen LogP contribution in [0.15, 0.2) is 59.9 Å². The van der Waals surface area contributed by atoms with Gasteiger partial charge in [-0.05, 0) is 133 Å². The maximum absolute atomic E-state index is 11.4. The van der Waals surface area contributed by atoms with Crippen LogP contribution >= 0.6 is 22.6 Å². The molecule has 1 aromatic carbocycles. The average Bonchev–Trinajstić information content (AvgIpc) is 3.31. The zero-order chi connectivity index (χ0) is 41.3. The minimum Gasteiger partial charge on any atom is -0.496 e. The van der Waals surface area contributed by atoms with Gasteiger partial charge in [0.2, 0.25) is 0 Å². The molecule has 1 aromatic rings. The molecule has 4 rings (SSSR count). The summed E-state index contributed by atoms with van der Waals surface area (Å²) in [7, 11) is -0.929. The zero-order valence-corrected chi connectivity index (χ0v) is 41.1. The lowest BCUT2D eigenvalue weighted by atomic mass is 9.54. The van der Waals surface area contributed by atoms with Crippen LogP contribution in [0.1, 0.15) is 86.6 Å². The second kappa shape index (κ2) is 17.9. The monoisotopic (exact) mass is 903 g/mol. The third-order valence-electron chi connectivity index (χ3n) is 13.7. The summed E-state index contributed by atoms with van der Waals surface area (Å²) in [5.74, 6) is 2.57. The standard InChI is InChI=1S/C46H74INO5Si2/c1-17-45(8)28-32(4)39-38(43(53-54(12,13)14)40-31(3)24-30(2)27-46(39,40)9)41(45)42(51-23-22-37(49-10)50-11)34(29-48)26-36(52-55(15,16)44(5,6)7)25-33-18-20-35(47)21-19-33/h17-21,28,30-31,36-41,43H,1,22-27H2,2-16H3/b42-34+/t30-,31+,36-,38+,39-,40+,41+,43+,45+,46+/m1/s1. The topological polar surface area (TPSA) is 69.9 Å². The van der Waals surface area contributed by atoms with Gasteiger partial charge in [-0.25, -0.2) is 0 Å². The Balaban J connectivity index is 1.99. The summed E-state index contributed by atoms with van der Waals surface area (Å²) in [6, 6.07) is 11.5. The molecular weight excluding hydrogens is 830 g/mol. The van der Waals surface area contributed by atoms with Crippen molar-refractivity contribution in [1.82, 2.24) is 0 Å². The van der Waals surface area contributed by atoms with E-state index < -0.39 is 28.3 Å². The van der Waals surface area contributed by atoms with Crippen LogP contribution in [0.2, 0.25) is 37.8 Å². The highest BCUT2D eigenvalue weighted by atomic mass is 127. The molecule has 0 aromatic heterocycles. The Labute approximate surface area is 351 Å². The van der Waals surface area contributed by atoms with Gasteiger partial charge >= 0.3 is 0 Å². The predicted octanol–water partition coefficient (Wildman–Crippen LogP) is 12.3. The van der Waals surface area contributed by atoms with E-state index in [4.69, 9.17) is 23.1 Å². The molecule has 0 bridgehead atoms. The summed E-state index contributed by atoms with van der Waals surface area (Å²) in [4.78, 5) is 0. The van der Waals surface area contributed by atoms with Crippen molar-refractivity contribution < 1.29 is 23.1 Å². The van der Waals surface area contributed by atoms with E-state index in [2.05, 4.69) is 160 Å². The van der Waals surface area contributed by atoms with Crippen molar-refractivity contribution in [2.45, 2.75) is 144 Å². The molecule has 0 unspecified atom stereocenters. The highest BCUT2D eigenvalue weighted by molar-refractivity contribution is 14.1. The smallest absolute Gasteiger partial charge is 0.192 e. The minimum atomic E-state index is -2.23. The minimum absolute atomic E-state index is 0.00757. The van der Waals surface area contributed by atoms with E-state index in [0.29, 0.717) is 49.2 Å². The Bertz CT molecular complexity index is 1580. The number of rotatable bonds is 16. The van der Waals surface area contributed by atoms with Gasteiger partial charge in [0.15, 0.2) is 22.9 Å². The maximum atomic E-state index is 11.4. The van der Waals surface area contributed by atoms with Crippen LogP contribution in [0.5, 0.6) is 0 Å². The zero-order valence-electron chi connectivity index (χ0n) is 37.0. The highest BCUT2D eigenvalue weighted by Gasteiger charge is 2.67. The van der Waals surface area contributed by atoms with E-state index >= 15 is 0 Å². The van der Waals surface area contributed by atoms with Gasteiger partial charge in [-0.1, -0.05) is 78.3 Å². The van der Waals surface area contributed by atoms with Crippen LogP contribution in [-0.4, -0.2) is 56.0 Å². The molecular formula is C46H74INO5Si2. The van der Waals surface area contributed by atoms with Crippen LogP contribution in [0.3, 0.4) is 0 Å². The number of allylic oxidation sites excluding steroid dienone is 4. The van der Waals surface area contributed by atoms with E-state index in [1.165, 1.54) is 27.5 Å². The number of nitrogens with zero attached hydrogens (tertiary/aromatic N) is 1. The Morgan fingerprint density at radius 2 is 1.69 bits per heavy atom. The summed E-state index contributed by atoms with van der Waals surface area (Å²) < 4.78 is 34.3. The molecule has 0 saturated heterocycles. The van der Waals surface area contributed by atoms with Crippen LogP contribution in [0.4, 0.5) is 0 Å². The van der Waals surface area contributed by atoms with Crippen molar-refractivity contribution in [3.8, 4) is 6.07 Å². The van der Waals surface area contributed by atoms with Crippen molar-refractivity contribution in [2.75, 3.05) is 20.8 Å². The summed E-state index contributed by atoms with van der Waals surface area (Å²) in [6.45, 7) is 35.4. The number of benzene rings is 1. The first-order valence-corrected chi connectivity index (χ1v) is 28.1. The quantitative estimate of drug-likeness (QED) is 0.0411. The molecule has 0 spiro atoms. The number of hydrogen-bond donors (Lipinski definition) is 0. The van der Waals surface area contributed by atoms with Gasteiger partial charge in [0, 0.05) is 47.9 Å². The summed E-state index contributed by atoms with van der Waals surface area (Å²) in [6.07, 6.45) is 8.08. The van der Waals surface area contributed by atoms with Gasteiger partial charge in [-0.15, -0.1) is 6.58 Å². The second-order valence-corrected chi connectivity index (χ2v) is 30.7. The Hall–Kier alpha value is -1.27. The first-order valence-electron chi connectivity index (χ1n) is 20.7. The number of hydrogen-bond acceptors (Lipinski definition) is 6. The molecule has 2 saturated carbocycles. The molecule has 3 aliphatic carbocycles. The number of methoxy groups -OCH3 is 2. The molecule has 0 amide bonds. The lowest BCUT2D eigenvalue weighted by molar-refractivity contribution is -0.114. The first kappa shape index (κ1) is 46.4. The van der Waals surface area contributed by atoms with Gasteiger partial charge in [0.05, 0.1) is 30.5 Å². The summed E-state index contributed by atoms with van der Waals surface area (Å²) in [5, 5.41) is 11.4. The number of nitriles is 1. The van der Waals surface area contributed by atoms with Gasteiger partial charge in [-0.2, -0.15) is 5.26 Å². The molecule has 308 valence electrons. The number of halogens is 1. The van der Waals surface area contributed by atoms with E-state index in [1.807, 2.05) is 0 Å². The van der Waals surface area contributed by atoms with Crippen LogP contribution in [0, 0.1) is 61.2 Å². The van der Waals surface area contributed by atoms with E-state index in [9.17, 15) is 5.26 Å². The van der Waals surface area contributed by atoms with Crippen molar-refractivity contribution in [1.29, 1.82) is 5.26 Å². The fraction of sp³-hybridized carbons (Fsp3) is 0.717. The SMILES string of the molecule is C=C[C@@]1(C)C=C(C)[C@@H]2[C@H]([C@H](O[Si](C)(C)C)[C@@H]3[C@@H](C)C[C@@H](C)C[C@]32C)[C@H]1/C(OCCC(OC)OC)=C(\C#N)C[C@@H](Cc1ccc(I)cc1)O[Si](C)(C)C(C)(C)C. The molecule has 3 aliphatic rings. The lowest BCUT2D eigenvalue weighted by Crippen LogP contribution is -2.48. The predicted molar refractivity (Wildman–Crippen MR) is 240 cm³/mol. The van der Waals surface area contributed by atoms with Crippen molar-refractivity contribution >= 4 is 39.2 Å². The fourth-order valence-corrected chi connectivity index (χ4v) is 13.7. The van der Waals surface area contributed by atoms with E-state index in [-0.39, 0.29) is 40.4 Å². The fourth-order valence-electron chi connectivity index (χ4n) is 10.8. The molecule has 0 aliphatic heterocycles. The van der Waals surface area contributed by atoms with Crippen molar-refractivity contribution in [3.63, 3.8) is 0 Å². The highest BCUT2D eigenvalue weighted by Crippen LogP contribution is 2.69. The molecule has 55 heavy (non-hydrogen) atoms. The Kier molecular flexibility index (Phi) is 15.1. The Morgan fingerprint density at radius 1 is 1.07 bits per heavy atom. The number of fused-ring (bicyclic) bond motifs is 3. The molecule has 10 atom stereocenters. The lowest BCUT2D eigenvalue weighted by Gasteiger charge is -2.51. The average molecular weight is 904 g/mol. The third-order valence-corrected chi connectivity index (χ3v) is 19.9. The van der Waals surface area contributed by atoms with Gasteiger partial charge in [0.1, 0.15) is 5.76 Å². The second-order valence-electron chi connectivity index (χ2n) is 20.3. The molecule has 0 N–H and O–H groups in total. The van der Waals surface area contributed by atoms with Crippen LogP contribution < -0.4 is 0 Å². The third kappa shape index (κ3) is 10.3. The normalized spacial score (nSPS) is 32.2. The van der Waals surface area contributed by atoms with E-state index in [0.717, 1.165) is 5.76 Å². The molecule has 0 radical (unpaired) electrons. The molecule has 6 nitrogen and oxygen atoms in total. The molecule has 9 heteroatoms. The van der Waals surface area contributed by atoms with Gasteiger partial charge in [0.25, 0.3) is 0 Å². The van der Waals surface area contributed by atoms with Crippen molar-refractivity contribution in [3.05, 3.63) is 69.0 Å². The first-order chi connectivity index (χ1) is 25.4. The largest absolute Gasteiger partial charge is 0.496 e. The molecule has 2 fully saturated rings. The van der Waals surface area contributed by atoms with Crippen LogP contribution in [-0.2, 0) is 29.5 Å². The Morgan fingerprint density at radius 3 is 2.22 bits per heavy atom. The summed E-state index contributed by atoms with van der Waals surface area (Å²) >= 11 is 2.36. The summed E-state index contributed by atoms with van der Waals surface area (Å²) in [5.41, 5.74) is 2.88. The van der Waals surface area contributed by atoms with Gasteiger partial charge < -0.3 is 23.1 Å². The molecule has 0 heterocycles. The van der Waals surface area contributed by atoms with Crippen LogP contribution in [0.25, 0.3) is 0 Å². The maximum Gasteiger partial charge on any atom is 0.192 e. The van der Waals surface area contributed by atoms with E-state index in [1.54, 1.807) is 14.2 Å².